The second-order valence-corrected chi connectivity index (χ2v) is 8.87. The molecule has 0 aliphatic rings. The third-order valence-corrected chi connectivity index (χ3v) is 5.44. The van der Waals surface area contributed by atoms with Gasteiger partial charge in [-0.15, -0.1) is 0 Å². The van der Waals surface area contributed by atoms with Gasteiger partial charge >= 0.3 is 5.97 Å². The number of nitrogens with two attached hydrogens (primary N) is 2. The smallest absolute Gasteiger partial charge is 0.326 e. The van der Waals surface area contributed by atoms with Gasteiger partial charge in [0.1, 0.15) is 18.1 Å². The number of aromatic nitrogens is 2. The average Bonchev–Trinajstić information content (AvgIpc) is 3.29. The molecular weight excluding hydrogens is 462 g/mol. The minimum Gasteiger partial charge on any atom is -0.480 e. The molecule has 0 aromatic carbocycles. The summed E-state index contributed by atoms with van der Waals surface area (Å²) in [5.41, 5.74) is 11.8. The van der Waals surface area contributed by atoms with Gasteiger partial charge in [0.25, 0.3) is 0 Å². The minimum atomic E-state index is -1.16. The fourth-order valence-electron chi connectivity index (χ4n) is 3.18. The number of carbonyl (C=O) groups excluding carboxylic acids is 3. The molecule has 1 rings (SSSR count). The number of carbonyl (C=O) groups is 4. The molecule has 3 amide bonds. The molecule has 0 aliphatic heterocycles. The Morgan fingerprint density at radius 1 is 1.06 bits per heavy atom. The fourth-order valence-corrected chi connectivity index (χ4v) is 3.35. The molecule has 9 N–H and O–H groups in total. The van der Waals surface area contributed by atoms with Crippen LogP contribution in [0.3, 0.4) is 0 Å². The van der Waals surface area contributed by atoms with E-state index in [1.807, 2.05) is 13.8 Å². The van der Waals surface area contributed by atoms with Crippen LogP contribution in [-0.4, -0.2) is 75.2 Å². The molecule has 13 heteroatoms. The van der Waals surface area contributed by atoms with E-state index < -0.39 is 47.9 Å². The molecule has 0 saturated heterocycles. The van der Waals surface area contributed by atoms with Crippen molar-refractivity contribution in [1.82, 2.24) is 25.9 Å². The Kier molecular flexibility index (Phi) is 13.2. The topological polar surface area (TPSA) is 205 Å². The van der Waals surface area contributed by atoms with E-state index in [-0.39, 0.29) is 30.9 Å². The molecule has 0 fully saturated rings. The number of thiol groups is 1. The van der Waals surface area contributed by atoms with E-state index >= 15 is 0 Å². The summed E-state index contributed by atoms with van der Waals surface area (Å²) in [5, 5.41) is 17.2. The lowest BCUT2D eigenvalue weighted by molar-refractivity contribution is -0.142. The zero-order chi connectivity index (χ0) is 25.7. The zero-order valence-electron chi connectivity index (χ0n) is 19.6. The van der Waals surface area contributed by atoms with Crippen LogP contribution in [0.2, 0.25) is 0 Å². The first-order chi connectivity index (χ1) is 16.1. The number of H-pyrrole nitrogens is 1. The Morgan fingerprint density at radius 3 is 2.21 bits per heavy atom. The number of aromatic amines is 1. The molecule has 34 heavy (non-hydrogen) atoms. The standard InChI is InChI=1S/C21H37N7O5S/c1-12(2)7-16(19(30)26-15(21(32)33)5-3-4-6-22)28-20(31)17(8-13-9-24-11-25-13)27-18(29)14(23)10-34/h9,11-12,14-17,34H,3-8,10,22-23H2,1-2H3,(H,24,25)(H,26,30)(H,27,29)(H,28,31)(H,32,33). The summed E-state index contributed by atoms with van der Waals surface area (Å²) in [4.78, 5) is 56.7. The van der Waals surface area contributed by atoms with E-state index in [4.69, 9.17) is 11.5 Å². The maximum atomic E-state index is 13.1. The van der Waals surface area contributed by atoms with Gasteiger partial charge < -0.3 is 37.5 Å². The number of imidazole rings is 1. The number of amides is 3. The largest absolute Gasteiger partial charge is 0.480 e. The molecular formula is C21H37N7O5S. The fraction of sp³-hybridized carbons (Fsp3) is 0.667. The van der Waals surface area contributed by atoms with Gasteiger partial charge in [0.05, 0.1) is 12.4 Å². The highest BCUT2D eigenvalue weighted by molar-refractivity contribution is 7.80. The number of unbranched alkanes of at least 4 members (excludes halogenated alkanes) is 1. The Hall–Kier alpha value is -2.64. The number of nitrogens with one attached hydrogen (secondary N) is 4. The highest BCUT2D eigenvalue weighted by Gasteiger charge is 2.30. The van der Waals surface area contributed by atoms with E-state index in [9.17, 15) is 24.3 Å². The minimum absolute atomic E-state index is 0.0230. The van der Waals surface area contributed by atoms with Crippen LogP contribution in [0.4, 0.5) is 0 Å². The second kappa shape index (κ2) is 15.3. The molecule has 4 atom stereocenters. The summed E-state index contributed by atoms with van der Waals surface area (Å²) in [6.45, 7) is 4.17. The Morgan fingerprint density at radius 2 is 1.68 bits per heavy atom. The molecule has 0 saturated carbocycles. The number of aliphatic carboxylic acids is 1. The van der Waals surface area contributed by atoms with Gasteiger partial charge in [-0.1, -0.05) is 13.8 Å². The van der Waals surface area contributed by atoms with Crippen molar-refractivity contribution in [2.45, 2.75) is 70.1 Å². The van der Waals surface area contributed by atoms with Crippen molar-refractivity contribution in [3.05, 3.63) is 18.2 Å². The van der Waals surface area contributed by atoms with Crippen LogP contribution in [0.1, 0.15) is 45.2 Å². The van der Waals surface area contributed by atoms with E-state index in [1.54, 1.807) is 0 Å². The van der Waals surface area contributed by atoms with Crippen LogP contribution in [0.5, 0.6) is 0 Å². The summed E-state index contributed by atoms with van der Waals surface area (Å²) in [5.74, 6) is -2.83. The molecule has 0 spiro atoms. The molecule has 0 bridgehead atoms. The van der Waals surface area contributed by atoms with Crippen molar-refractivity contribution >= 4 is 36.3 Å². The van der Waals surface area contributed by atoms with Gasteiger partial charge in [0, 0.05) is 24.1 Å². The third-order valence-electron chi connectivity index (χ3n) is 5.05. The number of nitrogens with zero attached hydrogens (tertiary/aromatic N) is 1. The number of hydrogen-bond acceptors (Lipinski definition) is 8. The highest BCUT2D eigenvalue weighted by Crippen LogP contribution is 2.09. The van der Waals surface area contributed by atoms with Gasteiger partial charge in [-0.3, -0.25) is 14.4 Å². The lowest BCUT2D eigenvalue weighted by atomic mass is 10.0. The molecule has 1 aromatic rings. The predicted molar refractivity (Wildman–Crippen MR) is 130 cm³/mol. The lowest BCUT2D eigenvalue weighted by Gasteiger charge is -2.26. The summed E-state index contributed by atoms with van der Waals surface area (Å²) < 4.78 is 0. The van der Waals surface area contributed by atoms with E-state index in [1.165, 1.54) is 12.5 Å². The van der Waals surface area contributed by atoms with Crippen LogP contribution < -0.4 is 27.4 Å². The second-order valence-electron chi connectivity index (χ2n) is 8.51. The van der Waals surface area contributed by atoms with Crippen molar-refractivity contribution in [3.63, 3.8) is 0 Å². The first-order valence-corrected chi connectivity index (χ1v) is 11.9. The Bertz CT molecular complexity index is 790. The maximum absolute atomic E-state index is 13.1. The van der Waals surface area contributed by atoms with Crippen molar-refractivity contribution in [2.24, 2.45) is 17.4 Å². The van der Waals surface area contributed by atoms with Gasteiger partial charge in [0.2, 0.25) is 17.7 Å². The lowest BCUT2D eigenvalue weighted by Crippen LogP contribution is -2.58. The third kappa shape index (κ3) is 10.5. The van der Waals surface area contributed by atoms with Crippen LogP contribution in [0, 0.1) is 5.92 Å². The Labute approximate surface area is 204 Å². The van der Waals surface area contributed by atoms with E-state index in [0.717, 1.165) is 0 Å². The van der Waals surface area contributed by atoms with Gasteiger partial charge in [-0.25, -0.2) is 9.78 Å². The summed E-state index contributed by atoms with van der Waals surface area (Å²) in [7, 11) is 0. The number of rotatable bonds is 16. The average molecular weight is 500 g/mol. The molecule has 4 unspecified atom stereocenters. The van der Waals surface area contributed by atoms with Crippen molar-refractivity contribution in [3.8, 4) is 0 Å². The van der Waals surface area contributed by atoms with Crippen molar-refractivity contribution < 1.29 is 24.3 Å². The summed E-state index contributed by atoms with van der Waals surface area (Å²) in [6, 6.07) is -4.05. The molecule has 1 aromatic heterocycles. The highest BCUT2D eigenvalue weighted by atomic mass is 32.1. The van der Waals surface area contributed by atoms with Gasteiger partial charge in [-0.2, -0.15) is 12.6 Å². The van der Waals surface area contributed by atoms with Crippen LogP contribution in [0.15, 0.2) is 12.5 Å². The van der Waals surface area contributed by atoms with Crippen LogP contribution in [-0.2, 0) is 25.6 Å². The monoisotopic (exact) mass is 499 g/mol. The van der Waals surface area contributed by atoms with Gasteiger partial charge in [0.15, 0.2) is 0 Å². The zero-order valence-corrected chi connectivity index (χ0v) is 20.5. The predicted octanol–water partition coefficient (Wildman–Crippen LogP) is -1.08. The molecule has 192 valence electrons. The summed E-state index contributed by atoms with van der Waals surface area (Å²) in [6.07, 6.45) is 4.71. The van der Waals surface area contributed by atoms with E-state index in [2.05, 4.69) is 38.5 Å². The van der Waals surface area contributed by atoms with Crippen molar-refractivity contribution in [2.75, 3.05) is 12.3 Å². The van der Waals surface area contributed by atoms with Crippen molar-refractivity contribution in [1.29, 1.82) is 0 Å². The quantitative estimate of drug-likeness (QED) is 0.103. The number of hydrogen-bond donors (Lipinski definition) is 8. The number of carboxylic acid groups (broad SMARTS) is 1. The number of carboxylic acids is 1. The van der Waals surface area contributed by atoms with Crippen LogP contribution >= 0.6 is 12.6 Å². The van der Waals surface area contributed by atoms with E-state index in [0.29, 0.717) is 25.1 Å². The summed E-state index contributed by atoms with van der Waals surface area (Å²) >= 11 is 4.01. The van der Waals surface area contributed by atoms with Gasteiger partial charge in [-0.05, 0) is 38.1 Å². The first kappa shape index (κ1) is 29.4. The Balaban J connectivity index is 2.98. The first-order valence-electron chi connectivity index (χ1n) is 11.3. The maximum Gasteiger partial charge on any atom is 0.326 e. The SMILES string of the molecule is CC(C)CC(NC(=O)C(Cc1cnc[nH]1)NC(=O)C(N)CS)C(=O)NC(CCCCN)C(=O)O. The molecule has 12 nitrogen and oxygen atoms in total. The molecule has 0 aliphatic carbocycles. The normalized spacial score (nSPS) is 14.6. The molecule has 0 radical (unpaired) electrons. The van der Waals surface area contributed by atoms with Crippen LogP contribution in [0.25, 0.3) is 0 Å². The molecule has 1 heterocycles.